The third-order valence-electron chi connectivity index (χ3n) is 4.44. The summed E-state index contributed by atoms with van der Waals surface area (Å²) < 4.78 is 31.2. The Labute approximate surface area is 167 Å². The van der Waals surface area contributed by atoms with Gasteiger partial charge in [0.25, 0.3) is 0 Å². The summed E-state index contributed by atoms with van der Waals surface area (Å²) in [6, 6.07) is 5.01. The summed E-state index contributed by atoms with van der Waals surface area (Å²) in [5.74, 6) is 0.730. The van der Waals surface area contributed by atoms with Gasteiger partial charge in [0.15, 0.2) is 0 Å². The lowest BCUT2D eigenvalue weighted by Crippen LogP contribution is -2.49. The number of halogens is 2. The van der Waals surface area contributed by atoms with E-state index in [9.17, 15) is 8.42 Å². The molecule has 1 saturated heterocycles. The first-order valence-corrected chi connectivity index (χ1v) is 10.5. The molecule has 26 heavy (non-hydrogen) atoms. The van der Waals surface area contributed by atoms with Crippen LogP contribution < -0.4 is 5.32 Å². The zero-order chi connectivity index (χ0) is 17.6. The van der Waals surface area contributed by atoms with Crippen LogP contribution in [0.25, 0.3) is 10.1 Å². The average Bonchev–Trinajstić information content (AvgIpc) is 3.20. The minimum Gasteiger partial charge on any atom is -0.337 e. The molecule has 1 aromatic carbocycles. The van der Waals surface area contributed by atoms with Gasteiger partial charge in [-0.05, 0) is 18.2 Å². The fourth-order valence-electron chi connectivity index (χ4n) is 3.20. The molecule has 1 fully saturated rings. The van der Waals surface area contributed by atoms with Crippen LogP contribution in [-0.2, 0) is 17.1 Å². The van der Waals surface area contributed by atoms with Crippen LogP contribution in [0, 0.1) is 0 Å². The first-order valence-electron chi connectivity index (χ1n) is 7.85. The van der Waals surface area contributed by atoms with Crippen LogP contribution in [0.4, 0.5) is 0 Å². The minimum absolute atomic E-state index is 0. The van der Waals surface area contributed by atoms with Crippen molar-refractivity contribution in [2.24, 2.45) is 7.05 Å². The van der Waals surface area contributed by atoms with Crippen LogP contribution in [0.5, 0.6) is 0 Å². The number of thiophene rings is 1. The van der Waals surface area contributed by atoms with Gasteiger partial charge in [-0.1, -0.05) is 11.6 Å². The second-order valence-corrected chi connectivity index (χ2v) is 9.18. The Bertz CT molecular complexity index is 1030. The molecule has 0 amide bonds. The Hall–Kier alpha value is -1.16. The Kier molecular flexibility index (Phi) is 5.62. The van der Waals surface area contributed by atoms with E-state index in [0.717, 1.165) is 10.5 Å². The summed E-state index contributed by atoms with van der Waals surface area (Å²) in [6.45, 7) is 1.55. The molecule has 1 aliphatic rings. The molecule has 3 heterocycles. The van der Waals surface area contributed by atoms with Gasteiger partial charge in [0.05, 0.1) is 6.04 Å². The number of benzene rings is 1. The lowest BCUT2D eigenvalue weighted by atomic mass is 10.2. The van der Waals surface area contributed by atoms with E-state index in [-0.39, 0.29) is 18.4 Å². The fraction of sp³-hybridized carbons (Fsp3) is 0.312. The molecule has 6 nitrogen and oxygen atoms in total. The van der Waals surface area contributed by atoms with Crippen molar-refractivity contribution in [2.75, 3.05) is 19.6 Å². The van der Waals surface area contributed by atoms with Gasteiger partial charge in [-0.15, -0.1) is 23.7 Å². The molecule has 140 valence electrons. The highest BCUT2D eigenvalue weighted by Gasteiger charge is 2.37. The predicted octanol–water partition coefficient (Wildman–Crippen LogP) is 3.05. The Morgan fingerprint density at radius 1 is 1.38 bits per heavy atom. The van der Waals surface area contributed by atoms with Crippen molar-refractivity contribution in [3.8, 4) is 0 Å². The summed E-state index contributed by atoms with van der Waals surface area (Å²) in [4.78, 5) is 4.68. The minimum atomic E-state index is -3.66. The Morgan fingerprint density at radius 3 is 2.92 bits per heavy atom. The highest BCUT2D eigenvalue weighted by Crippen LogP contribution is 2.36. The van der Waals surface area contributed by atoms with Crippen LogP contribution in [0.3, 0.4) is 0 Å². The molecule has 1 atom stereocenters. The standard InChI is InChI=1S/C16H17ClN4O2S2.ClH/c1-20-6-5-19-16(20)13-9-18-4-7-21(13)25(22,23)15-10-24-14-3-2-11(17)8-12(14)15;/h2-3,5-6,8,10,13,18H,4,7,9H2,1H3;1H. The van der Waals surface area contributed by atoms with E-state index in [2.05, 4.69) is 10.3 Å². The molecule has 1 aliphatic heterocycles. The summed E-state index contributed by atoms with van der Waals surface area (Å²) in [7, 11) is -1.79. The summed E-state index contributed by atoms with van der Waals surface area (Å²) in [5.41, 5.74) is 0. The van der Waals surface area contributed by atoms with Gasteiger partial charge in [-0.3, -0.25) is 0 Å². The molecule has 3 aromatic rings. The van der Waals surface area contributed by atoms with E-state index in [0.29, 0.717) is 34.9 Å². The number of rotatable bonds is 3. The number of aromatic nitrogens is 2. The number of nitrogens with one attached hydrogen (secondary N) is 1. The first kappa shape index (κ1) is 19.6. The zero-order valence-corrected chi connectivity index (χ0v) is 17.1. The number of piperazine rings is 1. The first-order chi connectivity index (χ1) is 12.0. The molecule has 0 bridgehead atoms. The lowest BCUT2D eigenvalue weighted by molar-refractivity contribution is 0.258. The van der Waals surface area contributed by atoms with Crippen molar-refractivity contribution >= 4 is 55.5 Å². The summed E-state index contributed by atoms with van der Waals surface area (Å²) >= 11 is 7.50. The lowest BCUT2D eigenvalue weighted by Gasteiger charge is -2.34. The number of imidazole rings is 1. The molecule has 4 rings (SSSR count). The summed E-state index contributed by atoms with van der Waals surface area (Å²) in [6.07, 6.45) is 3.52. The molecule has 2 aromatic heterocycles. The smallest absolute Gasteiger partial charge is 0.245 e. The van der Waals surface area contributed by atoms with E-state index < -0.39 is 10.0 Å². The number of aryl methyl sites for hydroxylation is 1. The highest BCUT2D eigenvalue weighted by atomic mass is 35.5. The molecule has 0 radical (unpaired) electrons. The molecular weight excluding hydrogens is 415 g/mol. The van der Waals surface area contributed by atoms with Crippen molar-refractivity contribution in [1.29, 1.82) is 0 Å². The second kappa shape index (κ2) is 7.46. The number of hydrogen-bond acceptors (Lipinski definition) is 5. The van der Waals surface area contributed by atoms with E-state index in [1.807, 2.05) is 23.9 Å². The van der Waals surface area contributed by atoms with Gasteiger partial charge in [-0.2, -0.15) is 4.31 Å². The number of hydrogen-bond donors (Lipinski definition) is 1. The maximum Gasteiger partial charge on any atom is 0.245 e. The average molecular weight is 433 g/mol. The maximum atomic E-state index is 13.4. The Balaban J connectivity index is 0.00000196. The number of sulfonamides is 1. The maximum absolute atomic E-state index is 13.4. The Morgan fingerprint density at radius 2 is 2.19 bits per heavy atom. The van der Waals surface area contributed by atoms with E-state index in [1.165, 1.54) is 11.3 Å². The molecule has 0 spiro atoms. The van der Waals surface area contributed by atoms with Crippen molar-refractivity contribution < 1.29 is 8.42 Å². The van der Waals surface area contributed by atoms with Crippen molar-refractivity contribution in [1.82, 2.24) is 19.2 Å². The van der Waals surface area contributed by atoms with Gasteiger partial charge in [-0.25, -0.2) is 13.4 Å². The van der Waals surface area contributed by atoms with E-state index >= 15 is 0 Å². The third-order valence-corrected chi connectivity index (χ3v) is 7.73. The van der Waals surface area contributed by atoms with E-state index in [4.69, 9.17) is 11.6 Å². The largest absolute Gasteiger partial charge is 0.337 e. The molecule has 0 saturated carbocycles. The normalized spacial score (nSPS) is 18.8. The van der Waals surface area contributed by atoms with Gasteiger partial charge < -0.3 is 9.88 Å². The molecule has 1 unspecified atom stereocenters. The number of nitrogens with zero attached hydrogens (tertiary/aromatic N) is 3. The van der Waals surface area contributed by atoms with Crippen LogP contribution in [0.2, 0.25) is 5.02 Å². The number of fused-ring (bicyclic) bond motifs is 1. The van der Waals surface area contributed by atoms with Crippen LogP contribution in [0.1, 0.15) is 11.9 Å². The highest BCUT2D eigenvalue weighted by molar-refractivity contribution is 7.89. The zero-order valence-electron chi connectivity index (χ0n) is 13.9. The second-order valence-electron chi connectivity index (χ2n) is 5.97. The van der Waals surface area contributed by atoms with Crippen molar-refractivity contribution in [2.45, 2.75) is 10.9 Å². The monoisotopic (exact) mass is 432 g/mol. The van der Waals surface area contributed by atoms with Gasteiger partial charge >= 0.3 is 0 Å². The van der Waals surface area contributed by atoms with Gasteiger partial charge in [0.2, 0.25) is 10.0 Å². The van der Waals surface area contributed by atoms with Crippen LogP contribution in [0.15, 0.2) is 40.9 Å². The van der Waals surface area contributed by atoms with Gasteiger partial charge in [0, 0.05) is 59.6 Å². The van der Waals surface area contributed by atoms with Crippen LogP contribution in [-0.4, -0.2) is 41.9 Å². The topological polar surface area (TPSA) is 67.2 Å². The molecular formula is C16H18Cl2N4O2S2. The quantitative estimate of drug-likeness (QED) is 0.690. The SMILES string of the molecule is Cl.Cn1ccnc1C1CNCCN1S(=O)(=O)c1csc2ccc(Cl)cc12. The predicted molar refractivity (Wildman–Crippen MR) is 107 cm³/mol. The molecule has 10 heteroatoms. The molecule has 1 N–H and O–H groups in total. The summed E-state index contributed by atoms with van der Waals surface area (Å²) in [5, 5.41) is 6.17. The van der Waals surface area contributed by atoms with Crippen molar-refractivity contribution in [3.63, 3.8) is 0 Å². The van der Waals surface area contributed by atoms with E-state index in [1.54, 1.807) is 28.0 Å². The van der Waals surface area contributed by atoms with Crippen LogP contribution >= 0.6 is 35.3 Å². The third kappa shape index (κ3) is 3.26. The van der Waals surface area contributed by atoms with Gasteiger partial charge in [0.1, 0.15) is 10.7 Å². The van der Waals surface area contributed by atoms with Crippen molar-refractivity contribution in [3.05, 3.63) is 46.8 Å². The molecule has 0 aliphatic carbocycles. The fourth-order valence-corrected chi connectivity index (χ4v) is 6.40.